The molecular weight excluding hydrogens is 408 g/mol. The first kappa shape index (κ1) is 22.0. The van der Waals surface area contributed by atoms with Crippen molar-refractivity contribution in [3.05, 3.63) is 40.8 Å². The average Bonchev–Trinajstić information content (AvgIpc) is 3.14. The molecule has 2 aromatic heterocycles. The lowest BCUT2D eigenvalue weighted by Gasteiger charge is -2.20. The van der Waals surface area contributed by atoms with Gasteiger partial charge in [0.2, 0.25) is 10.0 Å². The fraction of sp³-hybridized carbons (Fsp3) is 0.400. The maximum absolute atomic E-state index is 13.0. The Balaban J connectivity index is 1.71. The maximum atomic E-state index is 13.0. The van der Waals surface area contributed by atoms with Crippen LogP contribution in [0.5, 0.6) is 0 Å². The van der Waals surface area contributed by atoms with E-state index in [-0.39, 0.29) is 30.1 Å². The van der Waals surface area contributed by atoms with Gasteiger partial charge >= 0.3 is 5.97 Å². The Morgan fingerprint density at radius 1 is 1.20 bits per heavy atom. The van der Waals surface area contributed by atoms with Crippen LogP contribution in [0.4, 0.5) is 0 Å². The van der Waals surface area contributed by atoms with E-state index in [4.69, 9.17) is 4.74 Å². The van der Waals surface area contributed by atoms with Crippen molar-refractivity contribution in [3.8, 4) is 0 Å². The van der Waals surface area contributed by atoms with Crippen molar-refractivity contribution in [1.82, 2.24) is 19.6 Å². The Kier molecular flexibility index (Phi) is 6.02. The van der Waals surface area contributed by atoms with Crippen molar-refractivity contribution in [2.45, 2.75) is 31.3 Å². The zero-order chi connectivity index (χ0) is 22.1. The standard InChI is InChI=1S/C20H26N4O5S/c1-20(2,3)29-17(25)12-21-9-10-24(4)30(27,28)13-5-6-16-15(11-13)14-7-8-22-18(14)19(26)23-16/h5-8,11,21-22H,9-10,12H2,1-4H3,(H,23,26). The summed E-state index contributed by atoms with van der Waals surface area (Å²) in [5.74, 6) is -0.396. The average molecular weight is 435 g/mol. The molecular formula is C20H26N4O5S. The van der Waals surface area contributed by atoms with Crippen LogP contribution in [0.2, 0.25) is 0 Å². The van der Waals surface area contributed by atoms with Crippen LogP contribution in [0.1, 0.15) is 20.8 Å². The van der Waals surface area contributed by atoms with E-state index in [1.54, 1.807) is 45.2 Å². The topological polar surface area (TPSA) is 124 Å². The number of ether oxygens (including phenoxy) is 1. The Morgan fingerprint density at radius 3 is 2.63 bits per heavy atom. The molecule has 2 heterocycles. The first-order valence-corrected chi connectivity index (χ1v) is 10.9. The third kappa shape index (κ3) is 4.72. The SMILES string of the molecule is CN(CCNCC(=O)OC(C)(C)C)S(=O)(=O)c1ccc2[nH]c(=O)c3[nH]ccc3c2c1. The van der Waals surface area contributed by atoms with Gasteiger partial charge in [0.15, 0.2) is 0 Å². The summed E-state index contributed by atoms with van der Waals surface area (Å²) in [7, 11) is -2.27. The summed E-state index contributed by atoms with van der Waals surface area (Å²) in [6.07, 6.45) is 1.64. The molecule has 0 bridgehead atoms. The fourth-order valence-corrected chi connectivity index (χ4v) is 4.29. The van der Waals surface area contributed by atoms with E-state index in [2.05, 4.69) is 15.3 Å². The molecule has 9 nitrogen and oxygen atoms in total. The summed E-state index contributed by atoms with van der Waals surface area (Å²) < 4.78 is 32.3. The second-order valence-corrected chi connectivity index (χ2v) is 10.1. The van der Waals surface area contributed by atoms with Gasteiger partial charge < -0.3 is 20.0 Å². The van der Waals surface area contributed by atoms with E-state index in [0.29, 0.717) is 21.8 Å². The molecule has 162 valence electrons. The molecule has 0 saturated heterocycles. The van der Waals surface area contributed by atoms with Crippen LogP contribution in [0.15, 0.2) is 40.2 Å². The number of aromatic amines is 2. The number of benzene rings is 1. The van der Waals surface area contributed by atoms with Gasteiger partial charge in [-0.1, -0.05) is 0 Å². The summed E-state index contributed by atoms with van der Waals surface area (Å²) in [4.78, 5) is 29.5. The molecule has 1 aromatic carbocycles. The fourth-order valence-electron chi connectivity index (χ4n) is 3.09. The van der Waals surface area contributed by atoms with Crippen molar-refractivity contribution >= 4 is 37.8 Å². The van der Waals surface area contributed by atoms with E-state index in [1.165, 1.54) is 17.4 Å². The molecule has 30 heavy (non-hydrogen) atoms. The van der Waals surface area contributed by atoms with E-state index < -0.39 is 21.6 Å². The molecule has 0 amide bonds. The van der Waals surface area contributed by atoms with E-state index in [0.717, 1.165) is 0 Å². The van der Waals surface area contributed by atoms with E-state index >= 15 is 0 Å². The number of esters is 1. The quantitative estimate of drug-likeness (QED) is 0.383. The number of aromatic nitrogens is 2. The van der Waals surface area contributed by atoms with Gasteiger partial charge in [-0.15, -0.1) is 0 Å². The third-order valence-corrected chi connectivity index (χ3v) is 6.36. The molecule has 0 spiro atoms. The molecule has 0 radical (unpaired) electrons. The Hall–Kier alpha value is -2.69. The lowest BCUT2D eigenvalue weighted by Crippen LogP contribution is -2.37. The molecule has 0 fully saturated rings. The number of carbonyl (C=O) groups excluding carboxylic acids is 1. The monoisotopic (exact) mass is 434 g/mol. The van der Waals surface area contributed by atoms with Gasteiger partial charge in [0.25, 0.3) is 5.56 Å². The van der Waals surface area contributed by atoms with Crippen molar-refractivity contribution < 1.29 is 17.9 Å². The number of nitrogens with zero attached hydrogens (tertiary/aromatic N) is 1. The minimum absolute atomic E-state index is 0.0000327. The summed E-state index contributed by atoms with van der Waals surface area (Å²) in [5.41, 5.74) is 0.139. The van der Waals surface area contributed by atoms with Crippen LogP contribution in [0.3, 0.4) is 0 Å². The summed E-state index contributed by atoms with van der Waals surface area (Å²) >= 11 is 0. The van der Waals surface area contributed by atoms with Gasteiger partial charge in [0.1, 0.15) is 11.1 Å². The number of sulfonamides is 1. The molecule has 3 rings (SSSR count). The molecule has 0 aliphatic rings. The highest BCUT2D eigenvalue weighted by Gasteiger charge is 2.22. The van der Waals surface area contributed by atoms with Crippen LogP contribution in [-0.2, 0) is 19.6 Å². The van der Waals surface area contributed by atoms with Gasteiger partial charge in [-0.2, -0.15) is 4.31 Å². The highest BCUT2D eigenvalue weighted by Crippen LogP contribution is 2.25. The zero-order valence-corrected chi connectivity index (χ0v) is 18.2. The molecule has 3 aromatic rings. The summed E-state index contributed by atoms with van der Waals surface area (Å²) in [6.45, 7) is 5.81. The summed E-state index contributed by atoms with van der Waals surface area (Å²) in [6, 6.07) is 6.36. The molecule has 0 aliphatic carbocycles. The first-order chi connectivity index (χ1) is 14.0. The minimum atomic E-state index is -3.75. The van der Waals surface area contributed by atoms with Crippen LogP contribution in [0.25, 0.3) is 21.8 Å². The molecule has 0 saturated carbocycles. The lowest BCUT2D eigenvalue weighted by atomic mass is 10.1. The summed E-state index contributed by atoms with van der Waals surface area (Å²) in [5, 5.41) is 4.20. The lowest BCUT2D eigenvalue weighted by molar-refractivity contribution is -0.153. The van der Waals surface area contributed by atoms with Crippen molar-refractivity contribution in [1.29, 1.82) is 0 Å². The maximum Gasteiger partial charge on any atom is 0.320 e. The number of likely N-dealkylation sites (N-methyl/N-ethyl adjacent to an activating group) is 1. The predicted molar refractivity (Wildman–Crippen MR) is 115 cm³/mol. The molecule has 3 N–H and O–H groups in total. The number of nitrogens with one attached hydrogen (secondary N) is 3. The van der Waals surface area contributed by atoms with Crippen LogP contribution in [0, 0.1) is 0 Å². The van der Waals surface area contributed by atoms with Gasteiger partial charge in [-0.25, -0.2) is 8.42 Å². The van der Waals surface area contributed by atoms with Gasteiger partial charge in [0.05, 0.1) is 11.4 Å². The van der Waals surface area contributed by atoms with Crippen LogP contribution < -0.4 is 10.9 Å². The number of carbonyl (C=O) groups is 1. The predicted octanol–water partition coefficient (Wildman–Crippen LogP) is 1.56. The van der Waals surface area contributed by atoms with Crippen molar-refractivity contribution in [3.63, 3.8) is 0 Å². The number of fused-ring (bicyclic) bond motifs is 3. The molecule has 0 atom stereocenters. The van der Waals surface area contributed by atoms with Gasteiger partial charge in [0, 0.05) is 42.6 Å². The Morgan fingerprint density at radius 2 is 1.93 bits per heavy atom. The third-order valence-electron chi connectivity index (χ3n) is 4.50. The van der Waals surface area contributed by atoms with Crippen molar-refractivity contribution in [2.75, 3.05) is 26.7 Å². The Bertz CT molecular complexity index is 1240. The van der Waals surface area contributed by atoms with Gasteiger partial charge in [-0.3, -0.25) is 9.59 Å². The molecule has 0 aliphatic heterocycles. The largest absolute Gasteiger partial charge is 0.459 e. The smallest absolute Gasteiger partial charge is 0.320 e. The highest BCUT2D eigenvalue weighted by molar-refractivity contribution is 7.89. The second kappa shape index (κ2) is 8.21. The molecule has 0 unspecified atom stereocenters. The van der Waals surface area contributed by atoms with E-state index in [9.17, 15) is 18.0 Å². The number of hydrogen-bond acceptors (Lipinski definition) is 6. The number of rotatable bonds is 7. The van der Waals surface area contributed by atoms with Crippen LogP contribution in [-0.4, -0.2) is 60.9 Å². The number of pyridine rings is 1. The number of hydrogen-bond donors (Lipinski definition) is 3. The van der Waals surface area contributed by atoms with E-state index in [1.807, 2.05) is 0 Å². The molecule has 10 heteroatoms. The Labute approximate surface area is 174 Å². The second-order valence-electron chi connectivity index (χ2n) is 8.02. The highest BCUT2D eigenvalue weighted by atomic mass is 32.2. The number of H-pyrrole nitrogens is 2. The normalized spacial score (nSPS) is 12.7. The van der Waals surface area contributed by atoms with Crippen LogP contribution >= 0.6 is 0 Å². The van der Waals surface area contributed by atoms with Gasteiger partial charge in [-0.05, 0) is 45.0 Å². The first-order valence-electron chi connectivity index (χ1n) is 9.51. The zero-order valence-electron chi connectivity index (χ0n) is 17.4. The van der Waals surface area contributed by atoms with Crippen molar-refractivity contribution in [2.24, 2.45) is 0 Å². The minimum Gasteiger partial charge on any atom is -0.459 e.